The van der Waals surface area contributed by atoms with Crippen molar-refractivity contribution in [2.75, 3.05) is 13.1 Å². The summed E-state index contributed by atoms with van der Waals surface area (Å²) in [5, 5.41) is 21.3. The topological polar surface area (TPSA) is 61.5 Å². The molecule has 2 heterocycles. The van der Waals surface area contributed by atoms with Crippen LogP contribution in [0.5, 0.6) is 0 Å². The Balaban J connectivity index is 1.40. The Morgan fingerprint density at radius 2 is 1.96 bits per heavy atom. The summed E-state index contributed by atoms with van der Waals surface area (Å²) in [6.07, 6.45) is 5.51. The van der Waals surface area contributed by atoms with Crippen molar-refractivity contribution in [2.24, 2.45) is 13.0 Å². The number of likely N-dealkylation sites (tertiary alicyclic amines) is 1. The van der Waals surface area contributed by atoms with Crippen molar-refractivity contribution in [1.29, 1.82) is 0 Å². The summed E-state index contributed by atoms with van der Waals surface area (Å²) in [6.45, 7) is 1.84. The summed E-state index contributed by atoms with van der Waals surface area (Å²) >= 11 is 0. The van der Waals surface area contributed by atoms with Gasteiger partial charge in [0.25, 0.3) is 0 Å². The normalized spacial score (nSPS) is 26.5. The number of nitrogens with zero attached hydrogens (tertiary/aromatic N) is 3. The third-order valence-corrected chi connectivity index (χ3v) is 5.78. The lowest BCUT2D eigenvalue weighted by Crippen LogP contribution is -2.44. The molecule has 2 aliphatic rings. The van der Waals surface area contributed by atoms with E-state index in [0.29, 0.717) is 0 Å². The minimum absolute atomic E-state index is 0.175. The SMILES string of the molecule is Cn1ccnc1C(O)C1CCN(C2Cc3ccccc3C2O)CC1. The summed E-state index contributed by atoms with van der Waals surface area (Å²) in [5.41, 5.74) is 2.35. The van der Waals surface area contributed by atoms with Gasteiger partial charge in [-0.2, -0.15) is 0 Å². The van der Waals surface area contributed by atoms with E-state index in [0.717, 1.165) is 43.7 Å². The monoisotopic (exact) mass is 327 g/mol. The summed E-state index contributed by atoms with van der Waals surface area (Å²) in [6, 6.07) is 8.38. The van der Waals surface area contributed by atoms with E-state index in [1.807, 2.05) is 36.0 Å². The Labute approximate surface area is 142 Å². The molecule has 5 heteroatoms. The van der Waals surface area contributed by atoms with Crippen LogP contribution < -0.4 is 0 Å². The van der Waals surface area contributed by atoms with Gasteiger partial charge in [0, 0.05) is 25.5 Å². The molecule has 0 saturated carbocycles. The van der Waals surface area contributed by atoms with Crippen LogP contribution in [0.25, 0.3) is 0 Å². The lowest BCUT2D eigenvalue weighted by atomic mass is 9.89. The van der Waals surface area contributed by atoms with E-state index in [-0.39, 0.29) is 12.0 Å². The van der Waals surface area contributed by atoms with Gasteiger partial charge >= 0.3 is 0 Å². The molecule has 0 amide bonds. The molecule has 0 radical (unpaired) electrons. The van der Waals surface area contributed by atoms with Gasteiger partial charge in [-0.3, -0.25) is 4.90 Å². The molecule has 1 aliphatic heterocycles. The molecular weight excluding hydrogens is 302 g/mol. The van der Waals surface area contributed by atoms with Crippen LogP contribution in [0, 0.1) is 5.92 Å². The quantitative estimate of drug-likeness (QED) is 0.903. The van der Waals surface area contributed by atoms with E-state index in [2.05, 4.69) is 16.0 Å². The molecule has 3 unspecified atom stereocenters. The Bertz CT molecular complexity index is 706. The predicted octanol–water partition coefficient (Wildman–Crippen LogP) is 1.82. The van der Waals surface area contributed by atoms with Gasteiger partial charge in [0.05, 0.1) is 6.10 Å². The smallest absolute Gasteiger partial charge is 0.137 e. The molecule has 1 saturated heterocycles. The van der Waals surface area contributed by atoms with Gasteiger partial charge in [0.1, 0.15) is 11.9 Å². The first-order valence-electron chi connectivity index (χ1n) is 8.80. The van der Waals surface area contributed by atoms with Gasteiger partial charge < -0.3 is 14.8 Å². The molecule has 3 atom stereocenters. The van der Waals surface area contributed by atoms with E-state index < -0.39 is 12.2 Å². The fourth-order valence-corrected chi connectivity index (χ4v) is 4.32. The number of hydrogen-bond donors (Lipinski definition) is 2. The second-order valence-corrected chi connectivity index (χ2v) is 7.13. The highest BCUT2D eigenvalue weighted by atomic mass is 16.3. The van der Waals surface area contributed by atoms with E-state index in [1.54, 1.807) is 6.20 Å². The standard InChI is InChI=1S/C19H25N3O2/c1-21-11-8-20-19(21)17(23)13-6-9-22(10-7-13)16-12-14-4-2-3-5-15(14)18(16)24/h2-5,8,11,13,16-18,23-24H,6-7,9-10,12H2,1H3. The Morgan fingerprint density at radius 1 is 1.21 bits per heavy atom. The Kier molecular flexibility index (Phi) is 4.16. The van der Waals surface area contributed by atoms with Gasteiger partial charge in [0.2, 0.25) is 0 Å². The maximum absolute atomic E-state index is 10.7. The molecule has 2 N–H and O–H groups in total. The van der Waals surface area contributed by atoms with Crippen molar-refractivity contribution >= 4 is 0 Å². The molecule has 128 valence electrons. The number of imidazole rings is 1. The van der Waals surface area contributed by atoms with E-state index in [9.17, 15) is 10.2 Å². The van der Waals surface area contributed by atoms with Crippen LogP contribution in [0.3, 0.4) is 0 Å². The second kappa shape index (κ2) is 6.31. The predicted molar refractivity (Wildman–Crippen MR) is 91.4 cm³/mol. The fourth-order valence-electron chi connectivity index (χ4n) is 4.32. The third-order valence-electron chi connectivity index (χ3n) is 5.78. The van der Waals surface area contributed by atoms with Gasteiger partial charge in [-0.25, -0.2) is 4.98 Å². The average Bonchev–Trinajstić information content (AvgIpc) is 3.18. The molecule has 5 nitrogen and oxygen atoms in total. The van der Waals surface area contributed by atoms with Crippen molar-refractivity contribution in [2.45, 2.75) is 37.5 Å². The first kappa shape index (κ1) is 15.8. The molecule has 1 fully saturated rings. The number of piperidine rings is 1. The molecule has 24 heavy (non-hydrogen) atoms. The lowest BCUT2D eigenvalue weighted by molar-refractivity contribution is 0.00753. The number of aliphatic hydroxyl groups is 2. The van der Waals surface area contributed by atoms with Gasteiger partial charge in [-0.1, -0.05) is 24.3 Å². The third kappa shape index (κ3) is 2.66. The molecule has 2 aromatic rings. The van der Waals surface area contributed by atoms with E-state index in [1.165, 1.54) is 5.56 Å². The molecule has 1 aromatic carbocycles. The first-order chi connectivity index (χ1) is 11.6. The zero-order chi connectivity index (χ0) is 16.7. The Morgan fingerprint density at radius 3 is 2.62 bits per heavy atom. The van der Waals surface area contributed by atoms with Crippen molar-refractivity contribution in [3.63, 3.8) is 0 Å². The summed E-state index contributed by atoms with van der Waals surface area (Å²) in [4.78, 5) is 6.68. The van der Waals surface area contributed by atoms with Gasteiger partial charge in [0.15, 0.2) is 0 Å². The van der Waals surface area contributed by atoms with E-state index >= 15 is 0 Å². The average molecular weight is 327 g/mol. The zero-order valence-electron chi connectivity index (χ0n) is 14.0. The van der Waals surface area contributed by atoms with Crippen LogP contribution in [0.15, 0.2) is 36.7 Å². The number of aromatic nitrogens is 2. The number of fused-ring (bicyclic) bond motifs is 1. The molecule has 1 aliphatic carbocycles. The van der Waals surface area contributed by atoms with Crippen LogP contribution in [0.1, 0.15) is 42.0 Å². The van der Waals surface area contributed by atoms with Crippen LogP contribution in [0.2, 0.25) is 0 Å². The largest absolute Gasteiger partial charge is 0.387 e. The number of rotatable bonds is 3. The Hall–Kier alpha value is -1.69. The molecule has 0 spiro atoms. The van der Waals surface area contributed by atoms with Crippen LogP contribution in [-0.4, -0.2) is 43.8 Å². The number of hydrogen-bond acceptors (Lipinski definition) is 4. The molecule has 4 rings (SSSR count). The minimum Gasteiger partial charge on any atom is -0.387 e. The number of benzene rings is 1. The maximum atomic E-state index is 10.7. The highest BCUT2D eigenvalue weighted by Gasteiger charge is 2.37. The van der Waals surface area contributed by atoms with Crippen molar-refractivity contribution in [3.05, 3.63) is 53.6 Å². The van der Waals surface area contributed by atoms with Crippen molar-refractivity contribution in [3.8, 4) is 0 Å². The van der Waals surface area contributed by atoms with Crippen molar-refractivity contribution in [1.82, 2.24) is 14.5 Å². The minimum atomic E-state index is -0.502. The number of aryl methyl sites for hydroxylation is 1. The summed E-state index contributed by atoms with van der Waals surface area (Å²) in [7, 11) is 1.92. The highest BCUT2D eigenvalue weighted by molar-refractivity contribution is 5.36. The lowest BCUT2D eigenvalue weighted by Gasteiger charge is -2.38. The number of aliphatic hydroxyl groups excluding tert-OH is 2. The van der Waals surface area contributed by atoms with Crippen LogP contribution in [0.4, 0.5) is 0 Å². The van der Waals surface area contributed by atoms with Crippen LogP contribution in [-0.2, 0) is 13.5 Å². The van der Waals surface area contributed by atoms with Crippen LogP contribution >= 0.6 is 0 Å². The summed E-state index contributed by atoms with van der Waals surface area (Å²) in [5.74, 6) is 0.991. The molecule has 1 aromatic heterocycles. The molecule has 0 bridgehead atoms. The first-order valence-corrected chi connectivity index (χ1v) is 8.80. The summed E-state index contributed by atoms with van der Waals surface area (Å²) < 4.78 is 1.90. The zero-order valence-corrected chi connectivity index (χ0v) is 14.0. The molecular formula is C19H25N3O2. The van der Waals surface area contributed by atoms with Crippen molar-refractivity contribution < 1.29 is 10.2 Å². The van der Waals surface area contributed by atoms with Gasteiger partial charge in [-0.05, 0) is 49.4 Å². The van der Waals surface area contributed by atoms with E-state index in [4.69, 9.17) is 0 Å². The maximum Gasteiger partial charge on any atom is 0.137 e. The fraction of sp³-hybridized carbons (Fsp3) is 0.526. The second-order valence-electron chi connectivity index (χ2n) is 7.13. The van der Waals surface area contributed by atoms with Gasteiger partial charge in [-0.15, -0.1) is 0 Å². The highest BCUT2D eigenvalue weighted by Crippen LogP contribution is 2.37.